The maximum Gasteiger partial charge on any atom is 0.319 e. The molecule has 3 nitrogen and oxygen atoms in total. The van der Waals surface area contributed by atoms with Gasteiger partial charge in [0.2, 0.25) is 0 Å². The number of carbonyl (C=O) groups excluding carboxylic acids is 1. The van der Waals surface area contributed by atoms with E-state index in [2.05, 4.69) is 10.6 Å². The second-order valence-corrected chi connectivity index (χ2v) is 2.97. The third-order valence-corrected chi connectivity index (χ3v) is 1.95. The van der Waals surface area contributed by atoms with Crippen LogP contribution >= 0.6 is 0 Å². The van der Waals surface area contributed by atoms with Crippen LogP contribution in [0, 0.1) is 6.92 Å². The van der Waals surface area contributed by atoms with Gasteiger partial charge in [-0.3, -0.25) is 0 Å². The molecule has 0 radical (unpaired) electrons. The van der Waals surface area contributed by atoms with Gasteiger partial charge < -0.3 is 10.6 Å². The van der Waals surface area contributed by atoms with Crippen LogP contribution in [0.15, 0.2) is 18.2 Å². The summed E-state index contributed by atoms with van der Waals surface area (Å²) in [4.78, 5) is 10.9. The van der Waals surface area contributed by atoms with Gasteiger partial charge in [0, 0.05) is 12.2 Å². The van der Waals surface area contributed by atoms with Crippen molar-refractivity contribution < 1.29 is 4.79 Å². The lowest BCUT2D eigenvalue weighted by molar-refractivity contribution is 0.251. The predicted molar refractivity (Wildman–Crippen MR) is 58.4 cm³/mol. The van der Waals surface area contributed by atoms with Crippen molar-refractivity contribution in [3.63, 3.8) is 0 Å². The number of anilines is 1. The summed E-state index contributed by atoms with van der Waals surface area (Å²) in [7, 11) is 0. The number of benzene rings is 1. The van der Waals surface area contributed by atoms with Crippen LogP contribution in [0.4, 0.5) is 10.5 Å². The van der Waals surface area contributed by atoms with Crippen molar-refractivity contribution in [2.45, 2.75) is 27.3 Å². The van der Waals surface area contributed by atoms with Crippen molar-refractivity contribution in [3.05, 3.63) is 29.3 Å². The molecule has 1 aliphatic rings. The van der Waals surface area contributed by atoms with Gasteiger partial charge in [0.1, 0.15) is 0 Å². The first kappa shape index (κ1) is 10.6. The molecule has 2 rings (SSSR count). The molecule has 76 valence electrons. The van der Waals surface area contributed by atoms with E-state index in [1.807, 2.05) is 39.0 Å². The van der Waals surface area contributed by atoms with E-state index in [1.165, 1.54) is 0 Å². The molecule has 0 unspecified atom stereocenters. The van der Waals surface area contributed by atoms with Crippen LogP contribution in [0.2, 0.25) is 0 Å². The topological polar surface area (TPSA) is 41.1 Å². The molecular weight excluding hydrogens is 176 g/mol. The van der Waals surface area contributed by atoms with Gasteiger partial charge in [-0.15, -0.1) is 0 Å². The molecule has 0 bridgehead atoms. The summed E-state index contributed by atoms with van der Waals surface area (Å²) >= 11 is 0. The molecule has 0 aromatic heterocycles. The first-order chi connectivity index (χ1) is 6.75. The molecule has 0 saturated carbocycles. The van der Waals surface area contributed by atoms with E-state index < -0.39 is 0 Å². The number of amides is 2. The molecule has 0 aliphatic carbocycles. The molecule has 0 spiro atoms. The Morgan fingerprint density at radius 3 is 2.71 bits per heavy atom. The molecule has 0 saturated heterocycles. The zero-order valence-electron chi connectivity index (χ0n) is 8.85. The molecule has 1 aromatic carbocycles. The fourth-order valence-corrected chi connectivity index (χ4v) is 1.30. The number of hydrogen-bond acceptors (Lipinski definition) is 1. The van der Waals surface area contributed by atoms with E-state index in [9.17, 15) is 4.79 Å². The van der Waals surface area contributed by atoms with Crippen LogP contribution in [-0.4, -0.2) is 6.03 Å². The molecule has 0 fully saturated rings. The van der Waals surface area contributed by atoms with E-state index in [-0.39, 0.29) is 6.03 Å². The summed E-state index contributed by atoms with van der Waals surface area (Å²) in [6.07, 6.45) is 0. The monoisotopic (exact) mass is 192 g/mol. The molecule has 2 N–H and O–H groups in total. The summed E-state index contributed by atoms with van der Waals surface area (Å²) < 4.78 is 0. The number of carbonyl (C=O) groups is 1. The molecule has 1 aromatic rings. The van der Waals surface area contributed by atoms with Gasteiger partial charge in [-0.25, -0.2) is 4.79 Å². The third kappa shape index (κ3) is 2.25. The Morgan fingerprint density at radius 1 is 1.29 bits per heavy atom. The van der Waals surface area contributed by atoms with Gasteiger partial charge in [-0.1, -0.05) is 26.0 Å². The third-order valence-electron chi connectivity index (χ3n) is 1.95. The van der Waals surface area contributed by atoms with E-state index in [1.54, 1.807) is 0 Å². The normalized spacial score (nSPS) is 12.9. The van der Waals surface area contributed by atoms with Gasteiger partial charge in [0.25, 0.3) is 0 Å². The van der Waals surface area contributed by atoms with Crippen molar-refractivity contribution in [1.82, 2.24) is 5.32 Å². The Labute approximate surface area is 84.5 Å². The Morgan fingerprint density at radius 2 is 2.00 bits per heavy atom. The van der Waals surface area contributed by atoms with Gasteiger partial charge in [0.15, 0.2) is 0 Å². The number of aryl methyl sites for hydroxylation is 1. The first-order valence-corrected chi connectivity index (χ1v) is 4.90. The van der Waals surface area contributed by atoms with Crippen molar-refractivity contribution in [1.29, 1.82) is 0 Å². The summed E-state index contributed by atoms with van der Waals surface area (Å²) in [5.74, 6) is 0. The minimum atomic E-state index is -0.117. The highest BCUT2D eigenvalue weighted by Gasteiger charge is 2.12. The molecule has 14 heavy (non-hydrogen) atoms. The van der Waals surface area contributed by atoms with Crippen LogP contribution in [0.5, 0.6) is 0 Å². The zero-order chi connectivity index (χ0) is 10.6. The summed E-state index contributed by atoms with van der Waals surface area (Å²) in [5, 5.41) is 5.46. The Bertz CT molecular complexity index is 334. The molecule has 1 aliphatic heterocycles. The largest absolute Gasteiger partial charge is 0.334 e. The summed E-state index contributed by atoms with van der Waals surface area (Å²) in [5.41, 5.74) is 3.23. The van der Waals surface area contributed by atoms with E-state index in [0.29, 0.717) is 6.54 Å². The lowest BCUT2D eigenvalue weighted by atomic mass is 10.1. The number of rotatable bonds is 0. The Kier molecular flexibility index (Phi) is 3.51. The average molecular weight is 192 g/mol. The number of fused-ring (bicyclic) bond motifs is 1. The fourth-order valence-electron chi connectivity index (χ4n) is 1.30. The van der Waals surface area contributed by atoms with E-state index >= 15 is 0 Å². The second kappa shape index (κ2) is 4.65. The maximum atomic E-state index is 10.9. The SMILES string of the molecule is CC.Cc1ccc2c(c1)NC(=O)NC2. The summed E-state index contributed by atoms with van der Waals surface area (Å²) in [6, 6.07) is 5.93. The van der Waals surface area contributed by atoms with E-state index in [0.717, 1.165) is 16.8 Å². The van der Waals surface area contributed by atoms with Crippen LogP contribution in [-0.2, 0) is 6.54 Å². The molecule has 0 atom stereocenters. The highest BCUT2D eigenvalue weighted by molar-refractivity contribution is 5.92. The quantitative estimate of drug-likeness (QED) is 0.652. The first-order valence-electron chi connectivity index (χ1n) is 4.90. The highest BCUT2D eigenvalue weighted by Crippen LogP contribution is 2.19. The lowest BCUT2D eigenvalue weighted by Crippen LogP contribution is -2.33. The highest BCUT2D eigenvalue weighted by atomic mass is 16.2. The van der Waals surface area contributed by atoms with Crippen molar-refractivity contribution >= 4 is 11.7 Å². The fraction of sp³-hybridized carbons (Fsp3) is 0.364. The molecular formula is C11H16N2O. The Hall–Kier alpha value is -1.51. The average Bonchev–Trinajstić information content (AvgIpc) is 2.20. The summed E-state index contributed by atoms with van der Waals surface area (Å²) in [6.45, 7) is 6.63. The molecule has 2 amide bonds. The van der Waals surface area contributed by atoms with Crippen molar-refractivity contribution in [2.75, 3.05) is 5.32 Å². The van der Waals surface area contributed by atoms with Crippen molar-refractivity contribution in [2.24, 2.45) is 0 Å². The van der Waals surface area contributed by atoms with Crippen molar-refractivity contribution in [3.8, 4) is 0 Å². The standard InChI is InChI=1S/C9H10N2O.C2H6/c1-6-2-3-7-5-10-9(12)11-8(7)4-6;1-2/h2-4H,5H2,1H3,(H2,10,11,12);1-2H3. The predicted octanol–water partition coefficient (Wildman–Crippen LogP) is 2.66. The Balaban J connectivity index is 0.000000461. The maximum absolute atomic E-state index is 10.9. The van der Waals surface area contributed by atoms with Gasteiger partial charge in [0.05, 0.1) is 0 Å². The number of urea groups is 1. The van der Waals surface area contributed by atoms with Crippen LogP contribution in [0.1, 0.15) is 25.0 Å². The second-order valence-electron chi connectivity index (χ2n) is 2.97. The van der Waals surface area contributed by atoms with Crippen LogP contribution in [0.25, 0.3) is 0 Å². The molecule has 1 heterocycles. The van der Waals surface area contributed by atoms with Crippen LogP contribution in [0.3, 0.4) is 0 Å². The zero-order valence-corrected chi connectivity index (χ0v) is 8.85. The molecule has 3 heteroatoms. The van der Waals surface area contributed by atoms with Gasteiger partial charge in [-0.05, 0) is 24.1 Å². The smallest absolute Gasteiger partial charge is 0.319 e. The number of hydrogen-bond donors (Lipinski definition) is 2. The minimum absolute atomic E-state index is 0.117. The van der Waals surface area contributed by atoms with Gasteiger partial charge in [-0.2, -0.15) is 0 Å². The van der Waals surface area contributed by atoms with E-state index in [4.69, 9.17) is 0 Å². The van der Waals surface area contributed by atoms with Gasteiger partial charge >= 0.3 is 6.03 Å². The van der Waals surface area contributed by atoms with Crippen LogP contribution < -0.4 is 10.6 Å². The lowest BCUT2D eigenvalue weighted by Gasteiger charge is -2.18. The number of nitrogens with one attached hydrogen (secondary N) is 2. The minimum Gasteiger partial charge on any atom is -0.334 e.